The fourth-order valence-electron chi connectivity index (χ4n) is 3.81. The molecule has 0 heterocycles. The highest BCUT2D eigenvalue weighted by atomic mass is 16.6. The largest absolute Gasteiger partial charge is 0.480 e. The van der Waals surface area contributed by atoms with Crippen molar-refractivity contribution in [1.29, 1.82) is 0 Å². The summed E-state index contributed by atoms with van der Waals surface area (Å²) in [4.78, 5) is 48.7. The van der Waals surface area contributed by atoms with Crippen molar-refractivity contribution in [1.82, 2.24) is 10.2 Å². The van der Waals surface area contributed by atoms with Gasteiger partial charge >= 0.3 is 18.0 Å². The van der Waals surface area contributed by atoms with E-state index in [1.165, 1.54) is 0 Å². The molecular weight excluding hydrogens is 440 g/mol. The van der Waals surface area contributed by atoms with Gasteiger partial charge in [0.05, 0.1) is 0 Å². The van der Waals surface area contributed by atoms with Crippen LogP contribution in [0.15, 0.2) is 48.5 Å². The van der Waals surface area contributed by atoms with Gasteiger partial charge in [0.25, 0.3) is 0 Å². The van der Waals surface area contributed by atoms with Crippen molar-refractivity contribution in [2.75, 3.05) is 26.2 Å². The van der Waals surface area contributed by atoms with E-state index >= 15 is 0 Å². The third-order valence-corrected chi connectivity index (χ3v) is 5.10. The molecule has 2 N–H and O–H groups in total. The normalized spacial score (nSPS) is 12.3. The number of nitrogens with one attached hydrogen (secondary N) is 1. The van der Waals surface area contributed by atoms with E-state index < -0.39 is 49.2 Å². The van der Waals surface area contributed by atoms with Crippen LogP contribution >= 0.6 is 0 Å². The van der Waals surface area contributed by atoms with Crippen LogP contribution in [0.4, 0.5) is 4.79 Å². The van der Waals surface area contributed by atoms with Crippen LogP contribution in [0.2, 0.25) is 0 Å². The zero-order chi connectivity index (χ0) is 24.9. The molecule has 2 amide bonds. The summed E-state index contributed by atoms with van der Waals surface area (Å²) < 4.78 is 10.6. The molecule has 0 spiro atoms. The third-order valence-electron chi connectivity index (χ3n) is 5.10. The minimum absolute atomic E-state index is 0.0114. The van der Waals surface area contributed by atoms with E-state index in [0.717, 1.165) is 27.2 Å². The van der Waals surface area contributed by atoms with Gasteiger partial charge in [-0.05, 0) is 43.0 Å². The van der Waals surface area contributed by atoms with Crippen LogP contribution < -0.4 is 5.32 Å². The molecule has 0 saturated heterocycles. The summed E-state index contributed by atoms with van der Waals surface area (Å²) in [6, 6.07) is 15.6. The van der Waals surface area contributed by atoms with E-state index in [-0.39, 0.29) is 12.5 Å². The Kier molecular flexibility index (Phi) is 7.55. The number of carboxylic acids is 1. The molecule has 2 aromatic carbocycles. The quantitative estimate of drug-likeness (QED) is 0.571. The Hall–Kier alpha value is -3.88. The molecule has 0 saturated carbocycles. The van der Waals surface area contributed by atoms with Crippen LogP contribution in [-0.2, 0) is 23.9 Å². The summed E-state index contributed by atoms with van der Waals surface area (Å²) in [6.45, 7) is 3.36. The Morgan fingerprint density at radius 3 is 2.03 bits per heavy atom. The molecule has 34 heavy (non-hydrogen) atoms. The van der Waals surface area contributed by atoms with Gasteiger partial charge in [0, 0.05) is 5.92 Å². The van der Waals surface area contributed by atoms with Crippen LogP contribution in [0.25, 0.3) is 11.1 Å². The number of hydrogen-bond acceptors (Lipinski definition) is 6. The minimum atomic E-state index is -1.30. The molecule has 0 fully saturated rings. The lowest BCUT2D eigenvalue weighted by molar-refractivity contribution is -0.154. The second kappa shape index (κ2) is 10.4. The maximum Gasteiger partial charge on any atom is 0.410 e. The molecule has 2 aromatic rings. The van der Waals surface area contributed by atoms with Crippen molar-refractivity contribution in [3.63, 3.8) is 0 Å². The fraction of sp³-hybridized carbons (Fsp3) is 0.360. The SMILES string of the molecule is CC(C)(C)OC(=O)CNC(=O)CN(CC(=O)O)C(=O)OCC1c2ccccc2-c2ccccc21. The topological polar surface area (TPSA) is 122 Å². The molecule has 9 nitrogen and oxygen atoms in total. The first-order valence-corrected chi connectivity index (χ1v) is 10.9. The van der Waals surface area contributed by atoms with Crippen molar-refractivity contribution in [3.05, 3.63) is 59.7 Å². The van der Waals surface area contributed by atoms with Crippen molar-refractivity contribution in [3.8, 4) is 11.1 Å². The van der Waals surface area contributed by atoms with Gasteiger partial charge in [0.15, 0.2) is 0 Å². The minimum Gasteiger partial charge on any atom is -0.480 e. The second-order valence-corrected chi connectivity index (χ2v) is 8.92. The standard InChI is InChI=1S/C25H28N2O7/c1-25(2,3)34-23(31)12-26-21(28)13-27(14-22(29)30)24(32)33-15-20-18-10-6-4-8-16(18)17-9-5-7-11-19(17)20/h4-11,20H,12-15H2,1-3H3,(H,26,28)(H,29,30). The van der Waals surface area contributed by atoms with Gasteiger partial charge in [-0.2, -0.15) is 0 Å². The van der Waals surface area contributed by atoms with E-state index in [4.69, 9.17) is 9.47 Å². The predicted molar refractivity (Wildman–Crippen MR) is 123 cm³/mol. The first kappa shape index (κ1) is 24.8. The fourth-order valence-corrected chi connectivity index (χ4v) is 3.81. The number of esters is 1. The number of carbonyl (C=O) groups is 4. The number of fused-ring (bicyclic) bond motifs is 3. The Bertz CT molecular complexity index is 1050. The van der Waals surface area contributed by atoms with Crippen LogP contribution in [0.5, 0.6) is 0 Å². The number of carbonyl (C=O) groups excluding carboxylic acids is 3. The Morgan fingerprint density at radius 1 is 0.941 bits per heavy atom. The molecule has 0 radical (unpaired) electrons. The van der Waals surface area contributed by atoms with E-state index in [0.29, 0.717) is 0 Å². The molecule has 0 aliphatic heterocycles. The number of amides is 2. The number of carboxylic acid groups (broad SMARTS) is 1. The summed E-state index contributed by atoms with van der Waals surface area (Å²) in [5, 5.41) is 11.5. The van der Waals surface area contributed by atoms with Crippen molar-refractivity contribution < 1.29 is 33.8 Å². The lowest BCUT2D eigenvalue weighted by Crippen LogP contribution is -2.45. The van der Waals surface area contributed by atoms with Crippen LogP contribution in [0.1, 0.15) is 37.8 Å². The van der Waals surface area contributed by atoms with E-state index in [1.807, 2.05) is 48.5 Å². The Morgan fingerprint density at radius 2 is 1.50 bits per heavy atom. The van der Waals surface area contributed by atoms with Gasteiger partial charge < -0.3 is 19.9 Å². The van der Waals surface area contributed by atoms with Gasteiger partial charge in [-0.1, -0.05) is 48.5 Å². The monoisotopic (exact) mass is 468 g/mol. The molecule has 0 aromatic heterocycles. The molecular formula is C25H28N2O7. The average Bonchev–Trinajstić information content (AvgIpc) is 3.08. The molecule has 1 aliphatic carbocycles. The van der Waals surface area contributed by atoms with Gasteiger partial charge in [0.1, 0.15) is 31.8 Å². The smallest absolute Gasteiger partial charge is 0.410 e. The Balaban J connectivity index is 1.62. The van der Waals surface area contributed by atoms with Crippen molar-refractivity contribution >= 4 is 23.9 Å². The number of benzene rings is 2. The summed E-state index contributed by atoms with van der Waals surface area (Å²) in [5.41, 5.74) is 3.43. The van der Waals surface area contributed by atoms with Gasteiger partial charge in [-0.25, -0.2) is 4.79 Å². The first-order chi connectivity index (χ1) is 16.0. The first-order valence-electron chi connectivity index (χ1n) is 10.9. The molecule has 0 atom stereocenters. The molecule has 180 valence electrons. The summed E-state index contributed by atoms with van der Waals surface area (Å²) in [5.74, 6) is -2.86. The summed E-state index contributed by atoms with van der Waals surface area (Å²) >= 11 is 0. The number of nitrogens with zero attached hydrogens (tertiary/aromatic N) is 1. The predicted octanol–water partition coefficient (Wildman–Crippen LogP) is 2.78. The molecule has 0 unspecified atom stereocenters. The number of ether oxygens (including phenoxy) is 2. The highest BCUT2D eigenvalue weighted by molar-refractivity contribution is 5.87. The van der Waals surface area contributed by atoms with Gasteiger partial charge in [-0.15, -0.1) is 0 Å². The zero-order valence-electron chi connectivity index (χ0n) is 19.4. The highest BCUT2D eigenvalue weighted by Gasteiger charge is 2.30. The summed E-state index contributed by atoms with van der Waals surface area (Å²) in [7, 11) is 0. The number of rotatable bonds is 8. The molecule has 9 heteroatoms. The maximum atomic E-state index is 12.7. The summed E-state index contributed by atoms with van der Waals surface area (Å²) in [6.07, 6.45) is -0.934. The maximum absolute atomic E-state index is 12.7. The van der Waals surface area contributed by atoms with Crippen LogP contribution in [0.3, 0.4) is 0 Å². The number of aliphatic carboxylic acids is 1. The number of hydrogen-bond donors (Lipinski definition) is 2. The van der Waals surface area contributed by atoms with E-state index in [2.05, 4.69) is 5.32 Å². The van der Waals surface area contributed by atoms with E-state index in [1.54, 1.807) is 20.8 Å². The lowest BCUT2D eigenvalue weighted by Gasteiger charge is -2.22. The highest BCUT2D eigenvalue weighted by Crippen LogP contribution is 2.44. The van der Waals surface area contributed by atoms with Gasteiger partial charge in [-0.3, -0.25) is 19.3 Å². The average molecular weight is 469 g/mol. The Labute approximate surface area is 197 Å². The zero-order valence-corrected chi connectivity index (χ0v) is 19.4. The third kappa shape index (κ3) is 6.34. The van der Waals surface area contributed by atoms with Gasteiger partial charge in [0.2, 0.25) is 5.91 Å². The van der Waals surface area contributed by atoms with Crippen molar-refractivity contribution in [2.45, 2.75) is 32.3 Å². The van der Waals surface area contributed by atoms with Crippen LogP contribution in [-0.4, -0.2) is 65.8 Å². The molecule has 1 aliphatic rings. The van der Waals surface area contributed by atoms with Crippen molar-refractivity contribution in [2.24, 2.45) is 0 Å². The lowest BCUT2D eigenvalue weighted by atomic mass is 9.98. The molecule has 3 rings (SSSR count). The van der Waals surface area contributed by atoms with E-state index in [9.17, 15) is 24.3 Å². The second-order valence-electron chi connectivity index (χ2n) is 8.92. The van der Waals surface area contributed by atoms with Crippen LogP contribution in [0, 0.1) is 0 Å². The molecule has 0 bridgehead atoms.